The summed E-state index contributed by atoms with van der Waals surface area (Å²) in [5.74, 6) is 1.23. The van der Waals surface area contributed by atoms with Crippen LogP contribution < -0.4 is 14.8 Å². The number of benzene rings is 1. The lowest BCUT2D eigenvalue weighted by molar-refractivity contribution is -0.146. The fourth-order valence-electron chi connectivity index (χ4n) is 3.59. The van der Waals surface area contributed by atoms with Gasteiger partial charge in [0.2, 0.25) is 6.10 Å². The molecule has 2 unspecified atom stereocenters. The molecule has 1 N–H and O–H groups in total. The quantitative estimate of drug-likeness (QED) is 0.807. The third-order valence-corrected chi connectivity index (χ3v) is 5.95. The maximum Gasteiger partial charge on any atom is 0.267 e. The van der Waals surface area contributed by atoms with Gasteiger partial charge in [-0.15, -0.1) is 0 Å². The van der Waals surface area contributed by atoms with Gasteiger partial charge in [-0.1, -0.05) is 12.1 Å². The number of nitrogens with zero attached hydrogens (tertiary/aromatic N) is 2. The van der Waals surface area contributed by atoms with Crippen LogP contribution in [-0.2, 0) is 4.79 Å². The second kappa shape index (κ2) is 8.84. The van der Waals surface area contributed by atoms with Gasteiger partial charge in [0.25, 0.3) is 11.8 Å². The molecule has 1 aromatic carbocycles. The summed E-state index contributed by atoms with van der Waals surface area (Å²) in [6.07, 6.45) is -0.955. The maximum absolute atomic E-state index is 13.0. The van der Waals surface area contributed by atoms with Crippen molar-refractivity contribution >= 4 is 23.2 Å². The average Bonchev–Trinajstić information content (AvgIpc) is 3.28. The molecule has 2 aliphatic heterocycles. The molecule has 0 bridgehead atoms. The Morgan fingerprint density at radius 1 is 1.10 bits per heavy atom. The molecule has 2 atom stereocenters. The predicted molar refractivity (Wildman–Crippen MR) is 111 cm³/mol. The van der Waals surface area contributed by atoms with Crippen LogP contribution in [0.15, 0.2) is 41.1 Å². The Hall–Kier alpha value is -2.58. The van der Waals surface area contributed by atoms with E-state index in [0.717, 1.165) is 19.6 Å². The van der Waals surface area contributed by atoms with Crippen molar-refractivity contribution in [1.82, 2.24) is 15.1 Å². The monoisotopic (exact) mass is 415 g/mol. The van der Waals surface area contributed by atoms with Crippen LogP contribution in [0.25, 0.3) is 0 Å². The van der Waals surface area contributed by atoms with E-state index in [1.807, 2.05) is 52.9 Å². The van der Waals surface area contributed by atoms with E-state index >= 15 is 0 Å². The molecule has 29 heavy (non-hydrogen) atoms. The number of carbonyl (C=O) groups is 2. The zero-order valence-corrected chi connectivity index (χ0v) is 17.2. The molecule has 2 aromatic rings. The molecular weight excluding hydrogens is 390 g/mol. The lowest BCUT2D eigenvalue weighted by Crippen LogP contribution is -2.56. The fourth-order valence-corrected chi connectivity index (χ4v) is 4.22. The Bertz CT molecular complexity index is 849. The summed E-state index contributed by atoms with van der Waals surface area (Å²) in [5, 5.41) is 6.68. The molecule has 2 aliphatic rings. The maximum atomic E-state index is 13.0. The third kappa shape index (κ3) is 4.54. The third-order valence-electron chi connectivity index (χ3n) is 5.27. The highest BCUT2D eigenvalue weighted by Crippen LogP contribution is 2.34. The summed E-state index contributed by atoms with van der Waals surface area (Å²) in [5.41, 5.74) is 0.704. The van der Waals surface area contributed by atoms with Crippen LogP contribution in [0.3, 0.4) is 0 Å². The largest absolute Gasteiger partial charge is 0.482 e. The number of rotatable bonds is 5. The molecule has 0 saturated carbocycles. The van der Waals surface area contributed by atoms with E-state index < -0.39 is 6.10 Å². The molecule has 154 valence electrons. The number of piperazine rings is 1. The number of fused-ring (bicyclic) bond motifs is 1. The van der Waals surface area contributed by atoms with Crippen LogP contribution in [0, 0.1) is 0 Å². The van der Waals surface area contributed by atoms with Crippen LogP contribution in [0.2, 0.25) is 0 Å². The molecule has 3 heterocycles. The minimum absolute atomic E-state index is 0.0302. The zero-order valence-electron chi connectivity index (χ0n) is 16.4. The molecule has 1 aromatic heterocycles. The van der Waals surface area contributed by atoms with Crippen LogP contribution in [0.5, 0.6) is 11.5 Å². The van der Waals surface area contributed by atoms with E-state index in [2.05, 4.69) is 10.2 Å². The first-order valence-corrected chi connectivity index (χ1v) is 10.8. The number of hydrogen-bond donors (Lipinski definition) is 1. The van der Waals surface area contributed by atoms with Gasteiger partial charge in [0.1, 0.15) is 6.10 Å². The smallest absolute Gasteiger partial charge is 0.267 e. The van der Waals surface area contributed by atoms with Gasteiger partial charge in [-0.25, -0.2) is 0 Å². The highest BCUT2D eigenvalue weighted by atomic mass is 32.1. The predicted octanol–water partition coefficient (Wildman–Crippen LogP) is 1.85. The normalized spacial score (nSPS) is 21.6. The standard InChI is InChI=1S/C21H25N3O4S/c1-15-19(28-18-5-3-2-4-17(18)27-15)21(26)24-11-9-23(10-12-24)8-7-22-20(25)16-6-13-29-14-16/h2-6,13-15,19H,7-12H2,1H3,(H,22,25). The van der Waals surface area contributed by atoms with Crippen LogP contribution in [0.4, 0.5) is 0 Å². The number of nitrogens with one attached hydrogen (secondary N) is 1. The van der Waals surface area contributed by atoms with Gasteiger partial charge in [-0.2, -0.15) is 11.3 Å². The molecule has 1 fully saturated rings. The molecule has 0 radical (unpaired) electrons. The Balaban J connectivity index is 1.23. The van der Waals surface area contributed by atoms with Crippen molar-refractivity contribution in [2.75, 3.05) is 39.3 Å². The van der Waals surface area contributed by atoms with E-state index in [1.165, 1.54) is 11.3 Å². The van der Waals surface area contributed by atoms with Crippen molar-refractivity contribution < 1.29 is 19.1 Å². The lowest BCUT2D eigenvalue weighted by Gasteiger charge is -2.38. The Labute approximate surface area is 174 Å². The van der Waals surface area contributed by atoms with Crippen LogP contribution in [-0.4, -0.2) is 73.1 Å². The molecule has 7 nitrogen and oxygen atoms in total. The van der Waals surface area contributed by atoms with Crippen molar-refractivity contribution in [3.8, 4) is 11.5 Å². The first-order valence-electron chi connectivity index (χ1n) is 9.85. The topological polar surface area (TPSA) is 71.1 Å². The van der Waals surface area contributed by atoms with Crippen LogP contribution >= 0.6 is 11.3 Å². The number of para-hydroxylation sites is 2. The van der Waals surface area contributed by atoms with E-state index in [-0.39, 0.29) is 17.9 Å². The number of carbonyl (C=O) groups excluding carboxylic acids is 2. The second-order valence-corrected chi connectivity index (χ2v) is 8.02. The molecule has 4 rings (SSSR count). The first kappa shape index (κ1) is 19.7. The van der Waals surface area contributed by atoms with Gasteiger partial charge >= 0.3 is 0 Å². The Morgan fingerprint density at radius 2 is 1.83 bits per heavy atom. The van der Waals surface area contributed by atoms with Crippen molar-refractivity contribution in [3.05, 3.63) is 46.7 Å². The zero-order chi connectivity index (χ0) is 20.2. The molecular formula is C21H25N3O4S. The summed E-state index contributed by atoms with van der Waals surface area (Å²) in [6, 6.07) is 9.25. The minimum atomic E-state index is -0.624. The van der Waals surface area contributed by atoms with Gasteiger partial charge < -0.3 is 19.7 Å². The van der Waals surface area contributed by atoms with E-state index in [0.29, 0.717) is 36.7 Å². The Morgan fingerprint density at radius 3 is 2.52 bits per heavy atom. The summed E-state index contributed by atoms with van der Waals surface area (Å²) >= 11 is 1.51. The van der Waals surface area contributed by atoms with E-state index in [9.17, 15) is 9.59 Å². The SMILES string of the molecule is CC1Oc2ccccc2OC1C(=O)N1CCN(CCNC(=O)c2ccsc2)CC1. The van der Waals surface area contributed by atoms with Crippen molar-refractivity contribution in [3.63, 3.8) is 0 Å². The number of ether oxygens (including phenoxy) is 2. The number of amides is 2. The van der Waals surface area contributed by atoms with Gasteiger partial charge in [0, 0.05) is 50.2 Å². The average molecular weight is 416 g/mol. The summed E-state index contributed by atoms with van der Waals surface area (Å²) < 4.78 is 11.8. The van der Waals surface area contributed by atoms with Gasteiger partial charge in [-0.3, -0.25) is 14.5 Å². The molecule has 0 spiro atoms. The van der Waals surface area contributed by atoms with Crippen LogP contribution in [0.1, 0.15) is 17.3 Å². The van der Waals surface area contributed by atoms with Crippen molar-refractivity contribution in [1.29, 1.82) is 0 Å². The molecule has 2 amide bonds. The van der Waals surface area contributed by atoms with E-state index in [1.54, 1.807) is 0 Å². The van der Waals surface area contributed by atoms with Gasteiger partial charge in [-0.05, 0) is 30.5 Å². The summed E-state index contributed by atoms with van der Waals surface area (Å²) in [7, 11) is 0. The van der Waals surface area contributed by atoms with Gasteiger partial charge in [0.05, 0.1) is 0 Å². The Kier molecular flexibility index (Phi) is 6.01. The second-order valence-electron chi connectivity index (χ2n) is 7.24. The van der Waals surface area contributed by atoms with E-state index in [4.69, 9.17) is 9.47 Å². The van der Waals surface area contributed by atoms with Crippen molar-refractivity contribution in [2.24, 2.45) is 0 Å². The highest BCUT2D eigenvalue weighted by Gasteiger charge is 2.37. The fraction of sp³-hybridized carbons (Fsp3) is 0.429. The lowest BCUT2D eigenvalue weighted by atomic mass is 10.1. The molecule has 0 aliphatic carbocycles. The summed E-state index contributed by atoms with van der Waals surface area (Å²) in [4.78, 5) is 29.0. The van der Waals surface area contributed by atoms with Gasteiger partial charge in [0.15, 0.2) is 11.5 Å². The molecule has 1 saturated heterocycles. The molecule has 8 heteroatoms. The highest BCUT2D eigenvalue weighted by molar-refractivity contribution is 7.08. The first-order chi connectivity index (χ1) is 14.1. The number of thiophene rings is 1. The van der Waals surface area contributed by atoms with Crippen molar-refractivity contribution in [2.45, 2.75) is 19.1 Å². The summed E-state index contributed by atoms with van der Waals surface area (Å²) in [6.45, 7) is 6.07. The number of hydrogen-bond acceptors (Lipinski definition) is 6. The minimum Gasteiger partial charge on any atom is -0.482 e.